The molecule has 0 saturated carbocycles. The van der Waals surface area contributed by atoms with Crippen LogP contribution in [-0.2, 0) is 22.8 Å². The third-order valence-electron chi connectivity index (χ3n) is 0. The van der Waals surface area contributed by atoms with E-state index in [2.05, 4.69) is 0 Å². The van der Waals surface area contributed by atoms with E-state index in [1.54, 1.807) is 0 Å². The van der Waals surface area contributed by atoms with Gasteiger partial charge in [0, 0.05) is 0 Å². The zero-order chi connectivity index (χ0) is 22.5. The van der Waals surface area contributed by atoms with E-state index in [1.807, 2.05) is 0 Å². The second-order valence-electron chi connectivity index (χ2n) is 2.57. The molecule has 15 N–H and O–H groups in total. The molecule has 164 valence electrons. The predicted molar refractivity (Wildman–Crippen MR) is 79.9 cm³/mol. The van der Waals surface area contributed by atoms with Crippen LogP contribution >= 0.6 is 39.1 Å². The summed E-state index contributed by atoms with van der Waals surface area (Å²) in [6.45, 7) is 0. The maximum atomic E-state index is 8.88. The van der Waals surface area contributed by atoms with Gasteiger partial charge in [-0.05, 0) is 0 Å². The molecule has 0 aromatic heterocycles. The molecule has 0 aliphatic rings. The van der Waals surface area contributed by atoms with E-state index in [0.29, 0.717) is 0 Å². The Morgan fingerprint density at radius 3 is 0.269 bits per heavy atom. The fourth-order valence-electron chi connectivity index (χ4n) is 0. The van der Waals surface area contributed by atoms with Gasteiger partial charge in [0.25, 0.3) is 0 Å². The molecule has 0 atom stereocenters. The monoisotopic (exact) mass is 532 g/mol. The quantitative estimate of drug-likeness (QED) is 0.102. The first-order chi connectivity index (χ1) is 10.0. The third kappa shape index (κ3) is 4850. The van der Waals surface area contributed by atoms with Gasteiger partial charge in [-0.1, -0.05) is 0 Å². The van der Waals surface area contributed by atoms with Gasteiger partial charge in [0.2, 0.25) is 0 Å². The average Bonchev–Trinajstić information content (AvgIpc) is 1.79. The Bertz CT molecular complexity index is 371. The normalized spacial score (nSPS) is 11.3. The Labute approximate surface area is 172 Å². The molecule has 0 amide bonds. The van der Waals surface area contributed by atoms with Gasteiger partial charge in [-0.3, -0.25) is 0 Å². The van der Waals surface area contributed by atoms with Crippen molar-refractivity contribution in [2.24, 2.45) is 0 Å². The number of hydrogen-bond donors (Lipinski definition) is 15. The van der Waals surface area contributed by atoms with Crippen LogP contribution in [0, 0.1) is 0 Å². The molecule has 0 aliphatic carbocycles. The van der Waals surface area contributed by atoms with Gasteiger partial charge < -0.3 is 73.4 Å². The van der Waals surface area contributed by atoms with Crippen LogP contribution in [0.5, 0.6) is 0 Å². The van der Waals surface area contributed by atoms with E-state index < -0.39 is 39.1 Å². The summed E-state index contributed by atoms with van der Waals surface area (Å²) >= 11 is 0. The van der Waals surface area contributed by atoms with Crippen molar-refractivity contribution < 1.29 is 96.2 Å². The molecular formula is H17CaO20P5. The minimum absolute atomic E-state index is 0. The molecule has 0 unspecified atom stereocenters. The zero-order valence-corrected chi connectivity index (χ0v) is 15.5. The first-order valence-electron chi connectivity index (χ1n) is 3.91. The van der Waals surface area contributed by atoms with Crippen molar-refractivity contribution in [2.75, 3.05) is 0 Å². The number of hydrogen-bond acceptors (Lipinski definition) is 5. The van der Waals surface area contributed by atoms with E-state index in [0.717, 1.165) is 0 Å². The van der Waals surface area contributed by atoms with Gasteiger partial charge >= 0.3 is 76.9 Å². The molecule has 0 bridgehead atoms. The summed E-state index contributed by atoms with van der Waals surface area (Å²) < 4.78 is 44.4. The van der Waals surface area contributed by atoms with Crippen molar-refractivity contribution in [3.8, 4) is 0 Å². The second kappa shape index (κ2) is 17.6. The van der Waals surface area contributed by atoms with Crippen molar-refractivity contribution in [3.05, 3.63) is 0 Å². The Kier molecular flexibility index (Phi) is 28.5. The van der Waals surface area contributed by atoms with Crippen molar-refractivity contribution in [3.63, 3.8) is 0 Å². The Morgan fingerprint density at radius 1 is 0.269 bits per heavy atom. The van der Waals surface area contributed by atoms with Gasteiger partial charge in [-0.2, -0.15) is 0 Å². The molecule has 0 rings (SSSR count). The van der Waals surface area contributed by atoms with E-state index >= 15 is 0 Å². The Balaban J connectivity index is -0.0000000476. The molecule has 0 aromatic carbocycles. The maximum absolute atomic E-state index is 8.88. The second-order valence-corrected chi connectivity index (χ2v) is 7.70. The fourth-order valence-corrected chi connectivity index (χ4v) is 0. The molecular weight excluding hydrogens is 515 g/mol. The van der Waals surface area contributed by atoms with Gasteiger partial charge in [0.05, 0.1) is 0 Å². The van der Waals surface area contributed by atoms with E-state index in [4.69, 9.17) is 96.2 Å². The van der Waals surface area contributed by atoms with Crippen LogP contribution in [-0.4, -0.2) is 111 Å². The van der Waals surface area contributed by atoms with Gasteiger partial charge in [-0.15, -0.1) is 0 Å². The summed E-state index contributed by atoms with van der Waals surface area (Å²) in [4.78, 5) is 108. The summed E-state index contributed by atoms with van der Waals surface area (Å²) in [7, 11) is -23.2. The van der Waals surface area contributed by atoms with Crippen LogP contribution in [0.4, 0.5) is 0 Å². The summed E-state index contributed by atoms with van der Waals surface area (Å²) in [6.07, 6.45) is 0. The van der Waals surface area contributed by atoms with E-state index in [-0.39, 0.29) is 37.7 Å². The predicted octanol–water partition coefficient (Wildman–Crippen LogP) is -5.56. The molecule has 0 aromatic rings. The van der Waals surface area contributed by atoms with Crippen molar-refractivity contribution in [1.82, 2.24) is 0 Å². The van der Waals surface area contributed by atoms with Crippen molar-refractivity contribution in [2.45, 2.75) is 0 Å². The molecule has 0 heterocycles. The molecule has 0 radical (unpaired) electrons. The first kappa shape index (κ1) is 42.0. The topological polar surface area (TPSA) is 389 Å². The number of phosphoric acid groups is 5. The minimum atomic E-state index is -4.64. The van der Waals surface area contributed by atoms with Gasteiger partial charge in [0.1, 0.15) is 0 Å². The fraction of sp³-hybridized carbons (Fsp3) is 0. The molecule has 0 aliphatic heterocycles. The van der Waals surface area contributed by atoms with Gasteiger partial charge in [-0.25, -0.2) is 22.8 Å². The van der Waals surface area contributed by atoms with Crippen molar-refractivity contribution >= 4 is 76.9 Å². The Hall–Kier alpha value is 1.81. The summed E-state index contributed by atoms with van der Waals surface area (Å²) in [5.41, 5.74) is 0. The summed E-state index contributed by atoms with van der Waals surface area (Å²) in [5, 5.41) is 0. The molecule has 0 fully saturated rings. The van der Waals surface area contributed by atoms with Crippen LogP contribution < -0.4 is 0 Å². The van der Waals surface area contributed by atoms with Gasteiger partial charge in [0.15, 0.2) is 0 Å². The van der Waals surface area contributed by atoms with Crippen molar-refractivity contribution in [1.29, 1.82) is 0 Å². The Morgan fingerprint density at radius 2 is 0.269 bits per heavy atom. The summed E-state index contributed by atoms with van der Waals surface area (Å²) in [5.74, 6) is 0. The molecule has 0 spiro atoms. The summed E-state index contributed by atoms with van der Waals surface area (Å²) in [6, 6.07) is 0. The molecule has 20 nitrogen and oxygen atoms in total. The zero-order valence-electron chi connectivity index (χ0n) is 11.0. The van der Waals surface area contributed by atoms with Crippen LogP contribution in [0.25, 0.3) is 0 Å². The van der Waals surface area contributed by atoms with Crippen LogP contribution in [0.2, 0.25) is 0 Å². The molecule has 0 saturated heterocycles. The van der Waals surface area contributed by atoms with E-state index in [9.17, 15) is 0 Å². The van der Waals surface area contributed by atoms with E-state index in [1.165, 1.54) is 0 Å². The SMILES string of the molecule is O=P(O)(O)O.O=P(O)(O)O.O=P(O)(O)O.O=P(O)(O)O.O=P(O)(O)O.[CaH2]. The molecule has 26 heteroatoms. The third-order valence-corrected chi connectivity index (χ3v) is 0. The standard InChI is InChI=1S/Ca.5H3O4P.2H/c;5*1-5(2,3)4;;/h;5*(H3,1,2,3,4);;. The first-order valence-corrected chi connectivity index (χ1v) is 11.7. The number of rotatable bonds is 0. The van der Waals surface area contributed by atoms with Crippen LogP contribution in [0.15, 0.2) is 0 Å². The van der Waals surface area contributed by atoms with Crippen LogP contribution in [0.3, 0.4) is 0 Å². The average molecular weight is 532 g/mol. The molecule has 26 heavy (non-hydrogen) atoms. The van der Waals surface area contributed by atoms with Crippen LogP contribution in [0.1, 0.15) is 0 Å².